The summed E-state index contributed by atoms with van der Waals surface area (Å²) in [6, 6.07) is 9.30. The number of esters is 1. The van der Waals surface area contributed by atoms with Crippen LogP contribution in [0.5, 0.6) is 0 Å². The summed E-state index contributed by atoms with van der Waals surface area (Å²) in [5, 5.41) is 0. The maximum Gasteiger partial charge on any atom is 0.324 e. The van der Waals surface area contributed by atoms with Gasteiger partial charge in [-0.05, 0) is 32.9 Å². The molecule has 104 valence electrons. The molecule has 0 saturated heterocycles. The van der Waals surface area contributed by atoms with Gasteiger partial charge in [-0.2, -0.15) is 0 Å². The van der Waals surface area contributed by atoms with Gasteiger partial charge in [-0.1, -0.05) is 36.6 Å². The fourth-order valence-electron chi connectivity index (χ4n) is 1.55. The Labute approximate surface area is 119 Å². The molecule has 3 nitrogen and oxygen atoms in total. The van der Waals surface area contributed by atoms with E-state index in [1.807, 2.05) is 30.3 Å². The largest absolute Gasteiger partial charge is 0.465 e. The van der Waals surface area contributed by atoms with Crippen LogP contribution in [0.15, 0.2) is 42.5 Å². The minimum atomic E-state index is -1.42. The van der Waals surface area contributed by atoms with Gasteiger partial charge in [0.2, 0.25) is 0 Å². The van der Waals surface area contributed by atoms with Crippen molar-refractivity contribution in [2.45, 2.75) is 20.8 Å². The summed E-state index contributed by atoms with van der Waals surface area (Å²) in [6.45, 7) is 8.51. The van der Waals surface area contributed by atoms with Crippen molar-refractivity contribution in [3.8, 4) is 11.8 Å². The Hall–Kier alpha value is -2.34. The van der Waals surface area contributed by atoms with E-state index in [1.165, 1.54) is 13.8 Å². The Bertz CT molecular complexity index is 575. The lowest BCUT2D eigenvalue weighted by molar-refractivity contribution is -0.155. The summed E-state index contributed by atoms with van der Waals surface area (Å²) in [6.07, 6.45) is 0. The first-order valence-electron chi connectivity index (χ1n) is 6.37. The van der Waals surface area contributed by atoms with Gasteiger partial charge >= 0.3 is 5.97 Å². The Kier molecular flexibility index (Phi) is 5.28. The second-order valence-corrected chi connectivity index (χ2v) is 4.50. The molecule has 0 N–H and O–H groups in total. The van der Waals surface area contributed by atoms with Crippen LogP contribution in [-0.2, 0) is 14.3 Å². The standard InChI is InChI=1S/C17H18O3/c1-5-20-16(19)17(4,14(3)18)13(2)11-12-15-9-7-6-8-10-15/h6-10H,2,5H2,1,3-4H3. The molecule has 3 heteroatoms. The summed E-state index contributed by atoms with van der Waals surface area (Å²) in [7, 11) is 0. The van der Waals surface area contributed by atoms with Gasteiger partial charge in [-0.15, -0.1) is 0 Å². The lowest BCUT2D eigenvalue weighted by Crippen LogP contribution is -2.37. The number of rotatable bonds is 4. The third kappa shape index (κ3) is 3.36. The molecule has 1 rings (SSSR count). The Balaban J connectivity index is 3.06. The van der Waals surface area contributed by atoms with E-state index in [0.717, 1.165) is 5.56 Å². The highest BCUT2D eigenvalue weighted by Gasteiger charge is 2.42. The Morgan fingerprint density at radius 2 is 1.90 bits per heavy atom. The maximum absolute atomic E-state index is 12.0. The molecule has 0 spiro atoms. The molecule has 1 unspecified atom stereocenters. The zero-order valence-electron chi connectivity index (χ0n) is 12.0. The Morgan fingerprint density at radius 1 is 1.30 bits per heavy atom. The molecule has 0 aliphatic carbocycles. The number of ether oxygens (including phenoxy) is 1. The molecule has 1 aromatic carbocycles. The van der Waals surface area contributed by atoms with Crippen molar-refractivity contribution >= 4 is 11.8 Å². The van der Waals surface area contributed by atoms with Crippen LogP contribution in [0.2, 0.25) is 0 Å². The quantitative estimate of drug-likeness (QED) is 0.480. The van der Waals surface area contributed by atoms with Crippen LogP contribution in [0.1, 0.15) is 26.3 Å². The Morgan fingerprint density at radius 3 is 2.40 bits per heavy atom. The van der Waals surface area contributed by atoms with Gasteiger partial charge in [0.1, 0.15) is 0 Å². The number of Topliss-reactive ketones (excluding diaryl/α,β-unsaturated/α-hetero) is 1. The van der Waals surface area contributed by atoms with E-state index < -0.39 is 11.4 Å². The second kappa shape index (κ2) is 6.72. The molecule has 0 aliphatic heterocycles. The van der Waals surface area contributed by atoms with Crippen molar-refractivity contribution < 1.29 is 14.3 Å². The molecule has 1 aromatic rings. The van der Waals surface area contributed by atoms with Crippen molar-refractivity contribution in [1.29, 1.82) is 0 Å². The van der Waals surface area contributed by atoms with Crippen molar-refractivity contribution in [3.05, 3.63) is 48.0 Å². The van der Waals surface area contributed by atoms with Gasteiger partial charge in [0.15, 0.2) is 11.2 Å². The van der Waals surface area contributed by atoms with Gasteiger partial charge < -0.3 is 4.74 Å². The minimum absolute atomic E-state index is 0.209. The first kappa shape index (κ1) is 15.7. The highest BCUT2D eigenvalue weighted by molar-refractivity contribution is 6.06. The zero-order valence-corrected chi connectivity index (χ0v) is 12.0. The summed E-state index contributed by atoms with van der Waals surface area (Å²) >= 11 is 0. The molecule has 0 fully saturated rings. The molecule has 0 aliphatic rings. The smallest absolute Gasteiger partial charge is 0.324 e. The predicted molar refractivity (Wildman–Crippen MR) is 77.9 cm³/mol. The summed E-state index contributed by atoms with van der Waals surface area (Å²) < 4.78 is 4.95. The molecular weight excluding hydrogens is 252 g/mol. The van der Waals surface area contributed by atoms with Crippen LogP contribution in [0, 0.1) is 17.3 Å². The van der Waals surface area contributed by atoms with Gasteiger partial charge in [-0.3, -0.25) is 9.59 Å². The minimum Gasteiger partial charge on any atom is -0.465 e. The van der Waals surface area contributed by atoms with Crippen molar-refractivity contribution in [3.63, 3.8) is 0 Å². The van der Waals surface area contributed by atoms with Crippen molar-refractivity contribution in [2.24, 2.45) is 5.41 Å². The van der Waals surface area contributed by atoms with Crippen LogP contribution < -0.4 is 0 Å². The molecular formula is C17H18O3. The molecule has 1 atom stereocenters. The number of benzene rings is 1. The zero-order chi connectivity index (χ0) is 15.2. The van der Waals surface area contributed by atoms with E-state index in [4.69, 9.17) is 4.74 Å². The SMILES string of the molecule is C=C(C#Cc1ccccc1)C(C)(C(C)=O)C(=O)OCC. The second-order valence-electron chi connectivity index (χ2n) is 4.50. The predicted octanol–water partition coefficient (Wildman–Crippen LogP) is 2.75. The fraction of sp³-hybridized carbons (Fsp3) is 0.294. The van der Waals surface area contributed by atoms with Crippen molar-refractivity contribution in [1.82, 2.24) is 0 Å². The summed E-state index contributed by atoms with van der Waals surface area (Å²) in [4.78, 5) is 23.8. The molecule has 0 aromatic heterocycles. The molecule has 20 heavy (non-hydrogen) atoms. The van der Waals surface area contributed by atoms with Crippen LogP contribution in [0.3, 0.4) is 0 Å². The third-order valence-corrected chi connectivity index (χ3v) is 3.12. The maximum atomic E-state index is 12.0. The highest BCUT2D eigenvalue weighted by Crippen LogP contribution is 2.28. The van der Waals surface area contributed by atoms with E-state index in [-0.39, 0.29) is 18.0 Å². The summed E-state index contributed by atoms with van der Waals surface area (Å²) in [5.41, 5.74) is -0.381. The highest BCUT2D eigenvalue weighted by atomic mass is 16.5. The van der Waals surface area contributed by atoms with Gasteiger partial charge in [0.25, 0.3) is 0 Å². The van der Waals surface area contributed by atoms with E-state index in [2.05, 4.69) is 18.4 Å². The van der Waals surface area contributed by atoms with Crippen LogP contribution in [-0.4, -0.2) is 18.4 Å². The van der Waals surface area contributed by atoms with Gasteiger partial charge in [0, 0.05) is 11.1 Å². The first-order valence-corrected chi connectivity index (χ1v) is 6.37. The molecule has 0 amide bonds. The van der Waals surface area contributed by atoms with Crippen LogP contribution >= 0.6 is 0 Å². The number of carbonyl (C=O) groups excluding carboxylic acids is 2. The average Bonchev–Trinajstić information content (AvgIpc) is 2.44. The lowest BCUT2D eigenvalue weighted by Gasteiger charge is -2.23. The van der Waals surface area contributed by atoms with E-state index in [9.17, 15) is 9.59 Å². The number of hydrogen-bond donors (Lipinski definition) is 0. The number of carbonyl (C=O) groups is 2. The van der Waals surface area contributed by atoms with Crippen LogP contribution in [0.25, 0.3) is 0 Å². The van der Waals surface area contributed by atoms with Crippen LogP contribution in [0.4, 0.5) is 0 Å². The summed E-state index contributed by atoms with van der Waals surface area (Å²) in [5.74, 6) is 4.74. The normalized spacial score (nSPS) is 12.6. The average molecular weight is 270 g/mol. The third-order valence-electron chi connectivity index (χ3n) is 3.12. The van der Waals surface area contributed by atoms with E-state index >= 15 is 0 Å². The molecule has 0 heterocycles. The number of ketones is 1. The van der Waals surface area contributed by atoms with E-state index in [0.29, 0.717) is 0 Å². The monoisotopic (exact) mass is 270 g/mol. The lowest BCUT2D eigenvalue weighted by atomic mass is 9.79. The van der Waals surface area contributed by atoms with Gasteiger partial charge in [-0.25, -0.2) is 0 Å². The molecule has 0 radical (unpaired) electrons. The van der Waals surface area contributed by atoms with Gasteiger partial charge in [0.05, 0.1) is 6.61 Å². The van der Waals surface area contributed by atoms with Crippen molar-refractivity contribution in [2.75, 3.05) is 6.61 Å². The van der Waals surface area contributed by atoms with E-state index in [1.54, 1.807) is 6.92 Å². The molecule has 0 saturated carbocycles. The number of hydrogen-bond acceptors (Lipinski definition) is 3. The topological polar surface area (TPSA) is 43.4 Å². The molecule has 0 bridgehead atoms. The fourth-order valence-corrected chi connectivity index (χ4v) is 1.55. The first-order chi connectivity index (χ1) is 9.42.